The summed E-state index contributed by atoms with van der Waals surface area (Å²) < 4.78 is 16.5. The number of nitrogens with zero attached hydrogens (tertiary/aromatic N) is 1. The Hall–Kier alpha value is -4.00. The molecule has 0 heterocycles. The molecule has 0 radical (unpaired) electrons. The van der Waals surface area contributed by atoms with Gasteiger partial charge in [0.15, 0.2) is 6.61 Å². The predicted octanol–water partition coefficient (Wildman–Crippen LogP) is 4.56. The highest BCUT2D eigenvalue weighted by atomic mass is 16.5. The van der Waals surface area contributed by atoms with E-state index in [1.54, 1.807) is 37.3 Å². The van der Waals surface area contributed by atoms with E-state index in [2.05, 4.69) is 5.32 Å². The van der Waals surface area contributed by atoms with Crippen molar-refractivity contribution in [2.75, 3.05) is 20.8 Å². The van der Waals surface area contributed by atoms with Crippen LogP contribution in [0.4, 0.5) is 0 Å². The molecule has 7 heteroatoms. The molecule has 1 N–H and O–H groups in total. The number of methoxy groups -OCH3 is 2. The summed E-state index contributed by atoms with van der Waals surface area (Å²) in [6.45, 7) is 5.84. The van der Waals surface area contributed by atoms with E-state index >= 15 is 0 Å². The molecule has 3 rings (SSSR count). The summed E-state index contributed by atoms with van der Waals surface area (Å²) >= 11 is 0. The van der Waals surface area contributed by atoms with Gasteiger partial charge in [-0.1, -0.05) is 54.6 Å². The predicted molar refractivity (Wildman–Crippen MR) is 144 cm³/mol. The number of carbonyl (C=O) groups excluding carboxylic acids is 2. The third kappa shape index (κ3) is 8.00. The van der Waals surface area contributed by atoms with Crippen molar-refractivity contribution in [2.24, 2.45) is 0 Å². The first-order chi connectivity index (χ1) is 17.8. The van der Waals surface area contributed by atoms with Crippen molar-refractivity contribution >= 4 is 11.8 Å². The smallest absolute Gasteiger partial charge is 0.261 e. The van der Waals surface area contributed by atoms with E-state index < -0.39 is 6.04 Å². The zero-order chi connectivity index (χ0) is 26.8. The van der Waals surface area contributed by atoms with Crippen LogP contribution in [0, 0.1) is 6.92 Å². The molecule has 196 valence electrons. The largest absolute Gasteiger partial charge is 0.496 e. The van der Waals surface area contributed by atoms with Crippen molar-refractivity contribution in [1.82, 2.24) is 10.2 Å². The van der Waals surface area contributed by atoms with Gasteiger partial charge in [0, 0.05) is 37.2 Å². The average Bonchev–Trinajstić information content (AvgIpc) is 2.90. The molecular weight excluding hydrogens is 468 g/mol. The van der Waals surface area contributed by atoms with E-state index in [1.807, 2.05) is 75.4 Å². The molecule has 7 nitrogen and oxygen atoms in total. The van der Waals surface area contributed by atoms with Gasteiger partial charge in [0.05, 0.1) is 14.2 Å². The second-order valence-electron chi connectivity index (χ2n) is 9.15. The Bertz CT molecular complexity index is 1160. The van der Waals surface area contributed by atoms with Crippen LogP contribution in [0.15, 0.2) is 72.8 Å². The van der Waals surface area contributed by atoms with Crippen molar-refractivity contribution in [3.05, 3.63) is 89.5 Å². The zero-order valence-electron chi connectivity index (χ0n) is 22.2. The summed E-state index contributed by atoms with van der Waals surface area (Å²) in [6.07, 6.45) is 0.379. The number of nitrogens with one attached hydrogen (secondary N) is 1. The highest BCUT2D eigenvalue weighted by Crippen LogP contribution is 2.27. The number of rotatable bonds is 12. The summed E-state index contributed by atoms with van der Waals surface area (Å²) in [6, 6.07) is 21.9. The number of aryl methyl sites for hydroxylation is 1. The SMILES string of the molecule is COc1cc(OC)cc(OCC(=O)N(Cc2ccccc2C)[C@@H](Cc2ccccc2)C(=O)NC(C)C)c1. The highest BCUT2D eigenvalue weighted by Gasteiger charge is 2.31. The monoisotopic (exact) mass is 504 g/mol. The topological polar surface area (TPSA) is 77.1 Å². The summed E-state index contributed by atoms with van der Waals surface area (Å²) in [5.41, 5.74) is 2.98. The fourth-order valence-electron chi connectivity index (χ4n) is 4.00. The molecule has 3 aromatic rings. The maximum atomic E-state index is 13.7. The van der Waals surface area contributed by atoms with E-state index in [9.17, 15) is 9.59 Å². The minimum atomic E-state index is -0.722. The van der Waals surface area contributed by atoms with Gasteiger partial charge in [0.2, 0.25) is 5.91 Å². The Morgan fingerprint density at radius 3 is 2.05 bits per heavy atom. The summed E-state index contributed by atoms with van der Waals surface area (Å²) in [7, 11) is 3.10. The Morgan fingerprint density at radius 1 is 0.865 bits per heavy atom. The molecule has 0 unspecified atom stereocenters. The molecule has 0 aliphatic carbocycles. The lowest BCUT2D eigenvalue weighted by Crippen LogP contribution is -2.52. The summed E-state index contributed by atoms with van der Waals surface area (Å²) in [4.78, 5) is 28.8. The van der Waals surface area contributed by atoms with Crippen molar-refractivity contribution in [3.8, 4) is 17.2 Å². The maximum absolute atomic E-state index is 13.7. The van der Waals surface area contributed by atoms with E-state index in [-0.39, 0.29) is 31.0 Å². The summed E-state index contributed by atoms with van der Waals surface area (Å²) in [5.74, 6) is 1.04. The Balaban J connectivity index is 1.93. The van der Waals surface area contributed by atoms with Crippen LogP contribution in [0.3, 0.4) is 0 Å². The molecular formula is C30H36N2O5. The van der Waals surface area contributed by atoms with Gasteiger partial charge in [-0.2, -0.15) is 0 Å². The number of amides is 2. The fraction of sp³-hybridized carbons (Fsp3) is 0.333. The normalized spacial score (nSPS) is 11.5. The summed E-state index contributed by atoms with van der Waals surface area (Å²) in [5, 5.41) is 3.00. The third-order valence-electron chi connectivity index (χ3n) is 5.99. The van der Waals surface area contributed by atoms with Gasteiger partial charge in [-0.3, -0.25) is 9.59 Å². The molecule has 0 bridgehead atoms. The molecule has 0 spiro atoms. The van der Waals surface area contributed by atoms with Crippen LogP contribution in [0.5, 0.6) is 17.2 Å². The van der Waals surface area contributed by atoms with Crippen LogP contribution >= 0.6 is 0 Å². The van der Waals surface area contributed by atoms with Crippen LogP contribution in [-0.4, -0.2) is 49.6 Å². The molecule has 0 aromatic heterocycles. The molecule has 0 aliphatic heterocycles. The maximum Gasteiger partial charge on any atom is 0.261 e. The van der Waals surface area contributed by atoms with Gasteiger partial charge < -0.3 is 24.4 Å². The van der Waals surface area contributed by atoms with Gasteiger partial charge in [0.1, 0.15) is 23.3 Å². The number of hydrogen-bond donors (Lipinski definition) is 1. The minimum absolute atomic E-state index is 0.0679. The van der Waals surface area contributed by atoms with E-state index in [0.717, 1.165) is 16.7 Å². The second kappa shape index (κ2) is 13.3. The number of ether oxygens (including phenoxy) is 3. The fourth-order valence-corrected chi connectivity index (χ4v) is 4.00. The molecule has 0 saturated heterocycles. The van der Waals surface area contributed by atoms with Gasteiger partial charge in [-0.25, -0.2) is 0 Å². The van der Waals surface area contributed by atoms with E-state index in [4.69, 9.17) is 14.2 Å². The van der Waals surface area contributed by atoms with Crippen LogP contribution < -0.4 is 19.5 Å². The van der Waals surface area contributed by atoms with Crippen molar-refractivity contribution < 1.29 is 23.8 Å². The van der Waals surface area contributed by atoms with Crippen LogP contribution in [-0.2, 0) is 22.6 Å². The average molecular weight is 505 g/mol. The Labute approximate surface area is 219 Å². The quantitative estimate of drug-likeness (QED) is 0.391. The molecule has 3 aromatic carbocycles. The third-order valence-corrected chi connectivity index (χ3v) is 5.99. The molecule has 0 aliphatic rings. The highest BCUT2D eigenvalue weighted by molar-refractivity contribution is 5.88. The Kier molecular flexibility index (Phi) is 9.95. The second-order valence-corrected chi connectivity index (χ2v) is 9.15. The van der Waals surface area contributed by atoms with Crippen LogP contribution in [0.25, 0.3) is 0 Å². The first-order valence-corrected chi connectivity index (χ1v) is 12.3. The standard InChI is InChI=1S/C30H36N2O5/c1-21(2)31-30(34)28(15-23-12-7-6-8-13-23)32(19-24-14-10-9-11-22(24)3)29(33)20-37-27-17-25(35-4)16-26(18-27)36-5/h6-14,16-18,21,28H,15,19-20H2,1-5H3,(H,31,34)/t28-/m0/s1. The zero-order valence-corrected chi connectivity index (χ0v) is 22.2. The van der Waals surface area contributed by atoms with E-state index in [0.29, 0.717) is 23.7 Å². The lowest BCUT2D eigenvalue weighted by atomic mass is 10.0. The number of benzene rings is 3. The molecule has 37 heavy (non-hydrogen) atoms. The first-order valence-electron chi connectivity index (χ1n) is 12.3. The van der Waals surface area contributed by atoms with Crippen molar-refractivity contribution in [2.45, 2.75) is 45.8 Å². The lowest BCUT2D eigenvalue weighted by molar-refractivity contribution is -0.143. The van der Waals surface area contributed by atoms with Crippen molar-refractivity contribution in [1.29, 1.82) is 0 Å². The van der Waals surface area contributed by atoms with Gasteiger partial charge in [0.25, 0.3) is 5.91 Å². The molecule has 2 amide bonds. The van der Waals surface area contributed by atoms with Gasteiger partial charge >= 0.3 is 0 Å². The van der Waals surface area contributed by atoms with Gasteiger partial charge in [-0.15, -0.1) is 0 Å². The minimum Gasteiger partial charge on any atom is -0.496 e. The first kappa shape index (κ1) is 27.6. The molecule has 1 atom stereocenters. The van der Waals surface area contributed by atoms with E-state index in [1.165, 1.54) is 0 Å². The molecule has 0 fully saturated rings. The van der Waals surface area contributed by atoms with Gasteiger partial charge in [-0.05, 0) is 37.5 Å². The lowest BCUT2D eigenvalue weighted by Gasteiger charge is -2.32. The Morgan fingerprint density at radius 2 is 1.46 bits per heavy atom. The van der Waals surface area contributed by atoms with Crippen molar-refractivity contribution in [3.63, 3.8) is 0 Å². The number of carbonyl (C=O) groups is 2. The molecule has 0 saturated carbocycles. The number of hydrogen-bond acceptors (Lipinski definition) is 5. The van der Waals surface area contributed by atoms with Crippen LogP contribution in [0.1, 0.15) is 30.5 Å². The van der Waals surface area contributed by atoms with Crippen LogP contribution in [0.2, 0.25) is 0 Å².